The molecule has 3 atom stereocenters. The first-order valence-electron chi connectivity index (χ1n) is 14.2. The molecule has 3 N–H and O–H groups in total. The summed E-state index contributed by atoms with van der Waals surface area (Å²) in [6.07, 6.45) is 3.33. The molecule has 0 aliphatic carbocycles. The maximum atomic E-state index is 12.1. The van der Waals surface area contributed by atoms with Crippen LogP contribution in [0.25, 0.3) is 11.1 Å². The molecule has 3 aromatic carbocycles. The lowest BCUT2D eigenvalue weighted by molar-refractivity contribution is -0.245. The van der Waals surface area contributed by atoms with Gasteiger partial charge in [0, 0.05) is 50.1 Å². The molecule has 2 heterocycles. The monoisotopic (exact) mass is 601 g/mol. The summed E-state index contributed by atoms with van der Waals surface area (Å²) >= 11 is 1.65. The van der Waals surface area contributed by atoms with E-state index in [0.29, 0.717) is 13.0 Å². The highest BCUT2D eigenvalue weighted by Gasteiger charge is 2.32. The number of carbonyl (C=O) groups excluding carboxylic acids is 1. The number of benzene rings is 3. The zero-order valence-electron chi connectivity index (χ0n) is 23.9. The van der Waals surface area contributed by atoms with Crippen LogP contribution in [-0.2, 0) is 39.3 Å². The van der Waals surface area contributed by atoms with Crippen LogP contribution in [0.3, 0.4) is 0 Å². The number of amides is 1. The number of carboxylic acids is 1. The second-order valence-corrected chi connectivity index (χ2v) is 11.4. The fourth-order valence-electron chi connectivity index (χ4n) is 4.96. The van der Waals surface area contributed by atoms with Crippen LogP contribution in [0.4, 0.5) is 0 Å². The standard InChI is InChI=1S/C33H35N3O6S/c1-36-17-16-34-33(36)43-21-27-18-29(24-8-6-22(20-37)7-9-24)42-32(41-27)25-12-10-23(11-13-25)28-5-3-2-4-26(28)19-35-30(38)14-15-31(39)40/h2-13,16-17,27,29,32,37H,14-15,18-21H2,1H3,(H,35,38)(H,39,40). The largest absolute Gasteiger partial charge is 0.481 e. The number of hydrogen-bond acceptors (Lipinski definition) is 7. The summed E-state index contributed by atoms with van der Waals surface area (Å²) in [5.41, 5.74) is 5.67. The Kier molecular flexibility index (Phi) is 10.3. The SMILES string of the molecule is Cn1ccnc1SCC1CC(c2ccc(CO)cc2)OC(c2ccc(-c3ccccc3CNC(=O)CCC(=O)O)cc2)O1. The normalized spacial score (nSPS) is 18.3. The molecule has 1 fully saturated rings. The number of hydrogen-bond donors (Lipinski definition) is 3. The van der Waals surface area contributed by atoms with Crippen LogP contribution in [0.1, 0.15) is 53.9 Å². The number of carboxylic acid groups (broad SMARTS) is 1. The molecule has 0 spiro atoms. The molecule has 0 bridgehead atoms. The van der Waals surface area contributed by atoms with E-state index in [1.807, 2.05) is 90.6 Å². The quantitative estimate of drug-likeness (QED) is 0.185. The summed E-state index contributed by atoms with van der Waals surface area (Å²) in [4.78, 5) is 27.3. The van der Waals surface area contributed by atoms with Crippen molar-refractivity contribution in [2.75, 3.05) is 5.75 Å². The molecule has 1 aliphatic heterocycles. The highest BCUT2D eigenvalue weighted by molar-refractivity contribution is 7.99. The fourth-order valence-corrected chi connectivity index (χ4v) is 5.91. The molecular weight excluding hydrogens is 566 g/mol. The summed E-state index contributed by atoms with van der Waals surface area (Å²) in [6, 6.07) is 23.7. The molecule has 5 rings (SSSR count). The van der Waals surface area contributed by atoms with Crippen molar-refractivity contribution in [3.63, 3.8) is 0 Å². The molecule has 4 aromatic rings. The Hall–Kier alpha value is -3.96. The van der Waals surface area contributed by atoms with Gasteiger partial charge in [-0.25, -0.2) is 4.98 Å². The minimum atomic E-state index is -0.995. The van der Waals surface area contributed by atoms with Gasteiger partial charge in [0.15, 0.2) is 11.4 Å². The molecule has 43 heavy (non-hydrogen) atoms. The van der Waals surface area contributed by atoms with Gasteiger partial charge in [0.2, 0.25) is 5.91 Å². The first-order chi connectivity index (χ1) is 20.9. The van der Waals surface area contributed by atoms with Gasteiger partial charge >= 0.3 is 5.97 Å². The van der Waals surface area contributed by atoms with Crippen molar-refractivity contribution in [3.8, 4) is 11.1 Å². The highest BCUT2D eigenvalue weighted by atomic mass is 32.2. The van der Waals surface area contributed by atoms with Crippen molar-refractivity contribution in [1.29, 1.82) is 0 Å². The number of aromatic nitrogens is 2. The number of carbonyl (C=O) groups is 2. The van der Waals surface area contributed by atoms with Crippen molar-refractivity contribution < 1.29 is 29.3 Å². The van der Waals surface area contributed by atoms with Crippen LogP contribution in [0, 0.1) is 0 Å². The zero-order valence-corrected chi connectivity index (χ0v) is 24.7. The van der Waals surface area contributed by atoms with Gasteiger partial charge in [0.25, 0.3) is 0 Å². The van der Waals surface area contributed by atoms with Crippen LogP contribution in [-0.4, -0.2) is 43.5 Å². The second kappa shape index (κ2) is 14.5. The molecule has 1 aromatic heterocycles. The average molecular weight is 602 g/mol. The Morgan fingerprint density at radius 2 is 1.74 bits per heavy atom. The van der Waals surface area contributed by atoms with Crippen molar-refractivity contribution in [1.82, 2.24) is 14.9 Å². The molecule has 0 saturated carbocycles. The van der Waals surface area contributed by atoms with Gasteiger partial charge in [-0.3, -0.25) is 9.59 Å². The van der Waals surface area contributed by atoms with Crippen LogP contribution in [0.15, 0.2) is 90.3 Å². The third-order valence-electron chi connectivity index (χ3n) is 7.34. The van der Waals surface area contributed by atoms with E-state index in [0.717, 1.165) is 44.3 Å². The van der Waals surface area contributed by atoms with E-state index in [1.54, 1.807) is 18.0 Å². The average Bonchev–Trinajstić information content (AvgIpc) is 3.46. The number of aliphatic hydroxyl groups is 1. The highest BCUT2D eigenvalue weighted by Crippen LogP contribution is 2.40. The van der Waals surface area contributed by atoms with E-state index in [9.17, 15) is 14.7 Å². The van der Waals surface area contributed by atoms with E-state index in [2.05, 4.69) is 10.3 Å². The lowest BCUT2D eigenvalue weighted by atomic mass is 9.97. The third-order valence-corrected chi connectivity index (χ3v) is 8.53. The lowest BCUT2D eigenvalue weighted by Crippen LogP contribution is -2.31. The van der Waals surface area contributed by atoms with E-state index in [4.69, 9.17) is 14.6 Å². The summed E-state index contributed by atoms with van der Waals surface area (Å²) in [6.45, 7) is 0.296. The van der Waals surface area contributed by atoms with Gasteiger partial charge < -0.3 is 29.6 Å². The van der Waals surface area contributed by atoms with Gasteiger partial charge in [-0.2, -0.15) is 0 Å². The topological polar surface area (TPSA) is 123 Å². The Bertz CT molecular complexity index is 1520. The molecular formula is C33H35N3O6S. The van der Waals surface area contributed by atoms with Crippen molar-refractivity contribution in [2.24, 2.45) is 7.05 Å². The van der Waals surface area contributed by atoms with E-state index in [1.165, 1.54) is 0 Å². The van der Waals surface area contributed by atoms with Crippen molar-refractivity contribution >= 4 is 23.6 Å². The number of imidazole rings is 1. The summed E-state index contributed by atoms with van der Waals surface area (Å²) in [5.74, 6) is -0.569. The number of aliphatic hydroxyl groups excluding tert-OH is 1. The van der Waals surface area contributed by atoms with Gasteiger partial charge in [0.05, 0.1) is 25.2 Å². The molecule has 3 unspecified atom stereocenters. The van der Waals surface area contributed by atoms with E-state index in [-0.39, 0.29) is 37.6 Å². The number of thioether (sulfide) groups is 1. The number of nitrogens with zero attached hydrogens (tertiary/aromatic N) is 2. The number of rotatable bonds is 12. The van der Waals surface area contributed by atoms with Gasteiger partial charge in [-0.1, -0.05) is 84.6 Å². The number of nitrogens with one attached hydrogen (secondary N) is 1. The van der Waals surface area contributed by atoms with E-state index < -0.39 is 12.3 Å². The van der Waals surface area contributed by atoms with Crippen molar-refractivity contribution in [2.45, 2.75) is 56.1 Å². The molecule has 1 amide bonds. The van der Waals surface area contributed by atoms with Crippen LogP contribution in [0.5, 0.6) is 0 Å². The Morgan fingerprint density at radius 3 is 2.44 bits per heavy atom. The van der Waals surface area contributed by atoms with Crippen LogP contribution >= 0.6 is 11.8 Å². The smallest absolute Gasteiger partial charge is 0.303 e. The molecule has 9 nitrogen and oxygen atoms in total. The summed E-state index contributed by atoms with van der Waals surface area (Å²) < 4.78 is 15.0. The molecule has 10 heteroatoms. The first kappa shape index (κ1) is 30.5. The maximum Gasteiger partial charge on any atom is 0.303 e. The minimum Gasteiger partial charge on any atom is -0.481 e. The molecule has 224 valence electrons. The lowest BCUT2D eigenvalue weighted by Gasteiger charge is -2.36. The predicted octanol–water partition coefficient (Wildman–Crippen LogP) is 5.40. The summed E-state index contributed by atoms with van der Waals surface area (Å²) in [7, 11) is 1.97. The second-order valence-electron chi connectivity index (χ2n) is 10.4. The van der Waals surface area contributed by atoms with Crippen LogP contribution in [0.2, 0.25) is 0 Å². The number of ether oxygens (including phenoxy) is 2. The van der Waals surface area contributed by atoms with Gasteiger partial charge in [-0.05, 0) is 27.8 Å². The first-order valence-corrected chi connectivity index (χ1v) is 15.2. The number of aliphatic carboxylic acids is 1. The number of aryl methyl sites for hydroxylation is 1. The summed E-state index contributed by atoms with van der Waals surface area (Å²) in [5, 5.41) is 22.0. The van der Waals surface area contributed by atoms with Gasteiger partial charge in [-0.15, -0.1) is 0 Å². The Morgan fingerprint density at radius 1 is 1.00 bits per heavy atom. The maximum absolute atomic E-state index is 12.1. The Labute approximate surface area is 254 Å². The third kappa shape index (κ3) is 8.11. The van der Waals surface area contributed by atoms with Crippen molar-refractivity contribution in [3.05, 3.63) is 107 Å². The molecule has 0 radical (unpaired) electrons. The van der Waals surface area contributed by atoms with Crippen LogP contribution < -0.4 is 5.32 Å². The Balaban J connectivity index is 1.31. The predicted molar refractivity (Wildman–Crippen MR) is 163 cm³/mol. The fraction of sp³-hybridized carbons (Fsp3) is 0.303. The molecule has 1 saturated heterocycles. The van der Waals surface area contributed by atoms with E-state index >= 15 is 0 Å². The minimum absolute atomic E-state index is 0.00690. The molecule has 1 aliphatic rings. The zero-order chi connectivity index (χ0) is 30.2. The van der Waals surface area contributed by atoms with Gasteiger partial charge in [0.1, 0.15) is 0 Å².